The van der Waals surface area contributed by atoms with Gasteiger partial charge in [-0.05, 0) is 28.9 Å². The molecule has 2 aromatic heterocycles. The molecule has 5 nitrogen and oxygen atoms in total. The quantitative estimate of drug-likeness (QED) is 0.785. The van der Waals surface area contributed by atoms with E-state index in [9.17, 15) is 4.79 Å². The van der Waals surface area contributed by atoms with Gasteiger partial charge in [0.2, 0.25) is 0 Å². The summed E-state index contributed by atoms with van der Waals surface area (Å²) in [6.07, 6.45) is 1.66. The molecule has 0 saturated carbocycles. The molecule has 0 aliphatic heterocycles. The Bertz CT molecular complexity index is 521. The van der Waals surface area contributed by atoms with Gasteiger partial charge >= 0.3 is 5.97 Å². The number of halogens is 1. The minimum atomic E-state index is -1.01. The number of carboxylic acid groups (broad SMARTS) is 1. The van der Waals surface area contributed by atoms with Crippen LogP contribution >= 0.6 is 15.9 Å². The van der Waals surface area contributed by atoms with Gasteiger partial charge < -0.3 is 5.11 Å². The zero-order valence-corrected chi connectivity index (χ0v) is 8.82. The van der Waals surface area contributed by atoms with Gasteiger partial charge in [-0.1, -0.05) is 0 Å². The summed E-state index contributed by atoms with van der Waals surface area (Å²) in [5, 5.41) is 13.0. The first-order chi connectivity index (χ1) is 6.59. The lowest BCUT2D eigenvalue weighted by molar-refractivity contribution is 0.0698. The van der Waals surface area contributed by atoms with Crippen molar-refractivity contribution in [3.63, 3.8) is 0 Å². The van der Waals surface area contributed by atoms with Gasteiger partial charge in [0, 0.05) is 6.20 Å². The minimum absolute atomic E-state index is 0.145. The maximum Gasteiger partial charge on any atom is 0.341 e. The summed E-state index contributed by atoms with van der Waals surface area (Å²) in [7, 11) is 0. The molecule has 6 heteroatoms. The van der Waals surface area contributed by atoms with E-state index in [1.807, 2.05) is 0 Å². The highest BCUT2D eigenvalue weighted by Gasteiger charge is 2.17. The highest BCUT2D eigenvalue weighted by Crippen LogP contribution is 2.15. The molecule has 2 heterocycles. The van der Waals surface area contributed by atoms with Crippen LogP contribution in [-0.2, 0) is 0 Å². The standard InChI is InChI=1S/C8H6BrN3O2/c1-4-6(8(13)14)7-10-5(9)2-3-12(7)11-4/h2-3H,1H3,(H,13,14). The fraction of sp³-hybridized carbons (Fsp3) is 0.125. The van der Waals surface area contributed by atoms with E-state index in [2.05, 4.69) is 26.0 Å². The van der Waals surface area contributed by atoms with Gasteiger partial charge in [0.25, 0.3) is 0 Å². The summed E-state index contributed by atoms with van der Waals surface area (Å²) in [6, 6.07) is 1.70. The Labute approximate surface area is 87.5 Å². The summed E-state index contributed by atoms with van der Waals surface area (Å²) >= 11 is 3.18. The number of aryl methyl sites for hydroxylation is 1. The zero-order chi connectivity index (χ0) is 10.3. The van der Waals surface area contributed by atoms with E-state index in [-0.39, 0.29) is 5.56 Å². The van der Waals surface area contributed by atoms with Crippen LogP contribution in [0.25, 0.3) is 5.65 Å². The Morgan fingerprint density at radius 1 is 1.64 bits per heavy atom. The van der Waals surface area contributed by atoms with Crippen LogP contribution in [0.15, 0.2) is 16.9 Å². The fourth-order valence-corrected chi connectivity index (χ4v) is 1.55. The molecule has 0 unspecified atom stereocenters. The molecule has 2 rings (SSSR count). The van der Waals surface area contributed by atoms with Crippen LogP contribution in [0.3, 0.4) is 0 Å². The molecule has 1 N–H and O–H groups in total. The molecule has 0 amide bonds. The van der Waals surface area contributed by atoms with Crippen LogP contribution < -0.4 is 0 Å². The lowest BCUT2D eigenvalue weighted by Gasteiger charge is -1.93. The number of carbonyl (C=O) groups is 1. The van der Waals surface area contributed by atoms with Crippen molar-refractivity contribution < 1.29 is 9.90 Å². The van der Waals surface area contributed by atoms with Crippen molar-refractivity contribution in [3.8, 4) is 0 Å². The van der Waals surface area contributed by atoms with Crippen molar-refractivity contribution in [2.45, 2.75) is 6.92 Å². The molecular weight excluding hydrogens is 250 g/mol. The van der Waals surface area contributed by atoms with Crippen molar-refractivity contribution in [3.05, 3.63) is 28.1 Å². The SMILES string of the molecule is Cc1nn2ccc(Br)nc2c1C(=O)O. The smallest absolute Gasteiger partial charge is 0.341 e. The molecule has 0 fully saturated rings. The monoisotopic (exact) mass is 255 g/mol. The number of aromatic nitrogens is 3. The Kier molecular flexibility index (Phi) is 1.99. The Morgan fingerprint density at radius 2 is 2.36 bits per heavy atom. The second-order valence-electron chi connectivity index (χ2n) is 2.78. The first kappa shape index (κ1) is 9.14. The molecule has 2 aromatic rings. The van der Waals surface area contributed by atoms with Gasteiger partial charge in [-0.2, -0.15) is 5.10 Å². The molecule has 0 atom stereocenters. The normalized spacial score (nSPS) is 10.7. The highest BCUT2D eigenvalue weighted by molar-refractivity contribution is 9.10. The minimum Gasteiger partial charge on any atom is -0.477 e. The Balaban J connectivity index is 2.86. The van der Waals surface area contributed by atoms with E-state index in [1.165, 1.54) is 4.52 Å². The lowest BCUT2D eigenvalue weighted by atomic mass is 10.2. The second-order valence-corrected chi connectivity index (χ2v) is 3.60. The van der Waals surface area contributed by atoms with Gasteiger partial charge in [0.1, 0.15) is 10.2 Å². The molecule has 0 aromatic carbocycles. The Hall–Kier alpha value is -1.43. The summed E-state index contributed by atoms with van der Waals surface area (Å²) in [4.78, 5) is 15.0. The number of hydrogen-bond donors (Lipinski definition) is 1. The molecule has 0 radical (unpaired) electrons. The van der Waals surface area contributed by atoms with Crippen molar-refractivity contribution >= 4 is 27.5 Å². The highest BCUT2D eigenvalue weighted by atomic mass is 79.9. The molecule has 72 valence electrons. The van der Waals surface area contributed by atoms with E-state index < -0.39 is 5.97 Å². The topological polar surface area (TPSA) is 67.5 Å². The molecular formula is C8H6BrN3O2. The van der Waals surface area contributed by atoms with Crippen LogP contribution in [0.4, 0.5) is 0 Å². The second kappa shape index (κ2) is 3.06. The third-order valence-corrected chi connectivity index (χ3v) is 2.28. The van der Waals surface area contributed by atoms with Crippen LogP contribution in [-0.4, -0.2) is 25.7 Å². The average molecular weight is 256 g/mol. The van der Waals surface area contributed by atoms with E-state index in [4.69, 9.17) is 5.11 Å². The van der Waals surface area contributed by atoms with E-state index in [1.54, 1.807) is 19.2 Å². The van der Waals surface area contributed by atoms with E-state index in [0.717, 1.165) is 0 Å². The summed E-state index contributed by atoms with van der Waals surface area (Å²) in [5.41, 5.74) is 0.957. The molecule has 0 spiro atoms. The predicted octanol–water partition coefficient (Wildman–Crippen LogP) is 1.50. The first-order valence-corrected chi connectivity index (χ1v) is 4.63. The third kappa shape index (κ3) is 1.27. The van der Waals surface area contributed by atoms with Crippen molar-refractivity contribution in [2.24, 2.45) is 0 Å². The zero-order valence-electron chi connectivity index (χ0n) is 7.23. The van der Waals surface area contributed by atoms with Gasteiger partial charge in [0.05, 0.1) is 5.69 Å². The maximum atomic E-state index is 10.9. The average Bonchev–Trinajstić information content (AvgIpc) is 2.40. The summed E-state index contributed by atoms with van der Waals surface area (Å²) < 4.78 is 2.04. The van der Waals surface area contributed by atoms with E-state index in [0.29, 0.717) is 15.9 Å². The van der Waals surface area contributed by atoms with Crippen LogP contribution in [0, 0.1) is 6.92 Å². The summed E-state index contributed by atoms with van der Waals surface area (Å²) in [6.45, 7) is 1.64. The van der Waals surface area contributed by atoms with Crippen LogP contribution in [0.1, 0.15) is 16.1 Å². The van der Waals surface area contributed by atoms with Crippen LogP contribution in [0.2, 0.25) is 0 Å². The maximum absolute atomic E-state index is 10.9. The number of hydrogen-bond acceptors (Lipinski definition) is 3. The van der Waals surface area contributed by atoms with Gasteiger partial charge in [-0.25, -0.2) is 14.3 Å². The predicted molar refractivity (Wildman–Crippen MR) is 52.4 cm³/mol. The van der Waals surface area contributed by atoms with Gasteiger partial charge in [-0.15, -0.1) is 0 Å². The largest absolute Gasteiger partial charge is 0.477 e. The molecule has 0 saturated heterocycles. The number of rotatable bonds is 1. The first-order valence-electron chi connectivity index (χ1n) is 3.84. The van der Waals surface area contributed by atoms with Crippen molar-refractivity contribution in [1.29, 1.82) is 0 Å². The number of carboxylic acids is 1. The lowest BCUT2D eigenvalue weighted by Crippen LogP contribution is -1.99. The molecule has 0 bridgehead atoms. The summed E-state index contributed by atoms with van der Waals surface area (Å²) in [5.74, 6) is -1.01. The van der Waals surface area contributed by atoms with E-state index >= 15 is 0 Å². The molecule has 0 aliphatic rings. The Morgan fingerprint density at radius 3 is 3.00 bits per heavy atom. The van der Waals surface area contributed by atoms with Crippen LogP contribution in [0.5, 0.6) is 0 Å². The van der Waals surface area contributed by atoms with Gasteiger partial charge in [0.15, 0.2) is 5.65 Å². The number of aromatic carboxylic acids is 1. The van der Waals surface area contributed by atoms with Crippen molar-refractivity contribution in [1.82, 2.24) is 14.6 Å². The molecule has 14 heavy (non-hydrogen) atoms. The van der Waals surface area contributed by atoms with Crippen molar-refractivity contribution in [2.75, 3.05) is 0 Å². The molecule has 0 aliphatic carbocycles. The fourth-order valence-electron chi connectivity index (χ4n) is 1.27. The van der Waals surface area contributed by atoms with Gasteiger partial charge in [-0.3, -0.25) is 0 Å². The third-order valence-electron chi connectivity index (χ3n) is 1.84. The number of nitrogens with zero attached hydrogens (tertiary/aromatic N) is 3. The number of fused-ring (bicyclic) bond motifs is 1.